The minimum Gasteiger partial charge on any atom is -0.460 e. The summed E-state index contributed by atoms with van der Waals surface area (Å²) in [6.45, 7) is 1.60. The molecule has 0 aromatic heterocycles. The molecule has 0 N–H and O–H groups in total. The van der Waals surface area contributed by atoms with Crippen LogP contribution >= 0.6 is 0 Å². The summed E-state index contributed by atoms with van der Waals surface area (Å²) in [5, 5.41) is 0. The van der Waals surface area contributed by atoms with Crippen LogP contribution in [0.1, 0.15) is 22.8 Å². The summed E-state index contributed by atoms with van der Waals surface area (Å²) in [6, 6.07) is 10.6. The minimum atomic E-state index is -4.49. The van der Waals surface area contributed by atoms with Crippen molar-refractivity contribution in [3.8, 4) is 11.1 Å². The van der Waals surface area contributed by atoms with Crippen LogP contribution in [0.15, 0.2) is 48.5 Å². The first-order valence-electron chi connectivity index (χ1n) is 6.82. The molecule has 0 bridgehead atoms. The number of halogens is 3. The number of ether oxygens (including phenoxy) is 1. The molecule has 0 aliphatic rings. The van der Waals surface area contributed by atoms with Crippen molar-refractivity contribution in [2.24, 2.45) is 0 Å². The van der Waals surface area contributed by atoms with Gasteiger partial charge >= 0.3 is 12.1 Å². The van der Waals surface area contributed by atoms with Crippen LogP contribution in [-0.2, 0) is 15.7 Å². The van der Waals surface area contributed by atoms with Crippen LogP contribution in [0.2, 0.25) is 0 Å². The molecular weight excluding hydrogens is 309 g/mol. The van der Waals surface area contributed by atoms with Crippen LogP contribution in [0, 0.1) is 0 Å². The van der Waals surface area contributed by atoms with Crippen LogP contribution < -0.4 is 0 Å². The van der Waals surface area contributed by atoms with E-state index in [0.717, 1.165) is 12.1 Å². The fourth-order valence-electron chi connectivity index (χ4n) is 2.10. The summed E-state index contributed by atoms with van der Waals surface area (Å²) in [7, 11) is 0. The number of Topliss-reactive ketones (excluding diaryl/α,β-unsaturated/α-hetero) is 1. The van der Waals surface area contributed by atoms with E-state index in [0.29, 0.717) is 0 Å². The molecule has 6 heteroatoms. The van der Waals surface area contributed by atoms with Gasteiger partial charge in [-0.25, -0.2) is 4.79 Å². The fraction of sp³-hybridized carbons (Fsp3) is 0.176. The zero-order chi connectivity index (χ0) is 17.0. The largest absolute Gasteiger partial charge is 0.460 e. The monoisotopic (exact) mass is 322 g/mol. The van der Waals surface area contributed by atoms with Crippen LogP contribution in [0.25, 0.3) is 11.1 Å². The highest BCUT2D eigenvalue weighted by Gasteiger charge is 2.31. The lowest BCUT2D eigenvalue weighted by molar-refractivity contribution is -0.138. The SMILES string of the molecule is CCOC(=O)C(=O)c1ccccc1-c1cccc(C(F)(F)F)c1. The average molecular weight is 322 g/mol. The Balaban J connectivity index is 2.49. The van der Waals surface area contributed by atoms with Crippen LogP contribution in [0.5, 0.6) is 0 Å². The summed E-state index contributed by atoms with van der Waals surface area (Å²) in [5.41, 5.74) is -0.372. The first kappa shape index (κ1) is 16.7. The number of rotatable bonds is 4. The number of ketones is 1. The first-order chi connectivity index (χ1) is 10.8. The number of hydrogen-bond donors (Lipinski definition) is 0. The van der Waals surface area contributed by atoms with Crippen LogP contribution in [-0.4, -0.2) is 18.4 Å². The van der Waals surface area contributed by atoms with E-state index in [1.807, 2.05) is 0 Å². The van der Waals surface area contributed by atoms with Gasteiger partial charge in [-0.05, 0) is 30.2 Å². The molecule has 0 fully saturated rings. The molecule has 0 spiro atoms. The zero-order valence-electron chi connectivity index (χ0n) is 12.2. The Morgan fingerprint density at radius 1 is 1.04 bits per heavy atom. The Morgan fingerprint density at radius 2 is 1.74 bits per heavy atom. The molecule has 120 valence electrons. The molecule has 0 saturated heterocycles. The highest BCUT2D eigenvalue weighted by molar-refractivity contribution is 6.41. The molecule has 3 nitrogen and oxygen atoms in total. The highest BCUT2D eigenvalue weighted by Crippen LogP contribution is 2.33. The third kappa shape index (κ3) is 3.77. The first-order valence-corrected chi connectivity index (χ1v) is 6.82. The van der Waals surface area contributed by atoms with Crippen LogP contribution in [0.4, 0.5) is 13.2 Å². The second-order valence-electron chi connectivity index (χ2n) is 4.67. The molecule has 2 aromatic rings. The summed E-state index contributed by atoms with van der Waals surface area (Å²) in [5.74, 6) is -1.92. The number of hydrogen-bond acceptors (Lipinski definition) is 3. The normalized spacial score (nSPS) is 11.1. The van der Waals surface area contributed by atoms with Crippen LogP contribution in [0.3, 0.4) is 0 Å². The Kier molecular flexibility index (Phi) is 4.83. The molecule has 0 saturated carbocycles. The van der Waals surface area contributed by atoms with Crippen molar-refractivity contribution in [1.29, 1.82) is 0 Å². The Labute approximate surface area is 130 Å². The van der Waals surface area contributed by atoms with Gasteiger partial charge in [-0.2, -0.15) is 13.2 Å². The van der Waals surface area contributed by atoms with E-state index in [1.54, 1.807) is 13.0 Å². The summed E-state index contributed by atoms with van der Waals surface area (Å²) >= 11 is 0. The van der Waals surface area contributed by atoms with E-state index in [9.17, 15) is 22.8 Å². The number of benzene rings is 2. The Bertz CT molecular complexity index is 736. The van der Waals surface area contributed by atoms with Crippen molar-refractivity contribution in [1.82, 2.24) is 0 Å². The molecule has 0 aliphatic carbocycles. The maximum atomic E-state index is 12.8. The van der Waals surface area contributed by atoms with E-state index in [4.69, 9.17) is 0 Å². The molecule has 0 heterocycles. The molecule has 23 heavy (non-hydrogen) atoms. The minimum absolute atomic E-state index is 0.00488. The lowest BCUT2D eigenvalue weighted by Crippen LogP contribution is -2.18. The van der Waals surface area contributed by atoms with E-state index in [-0.39, 0.29) is 23.3 Å². The fourth-order valence-corrected chi connectivity index (χ4v) is 2.10. The Hall–Kier alpha value is -2.63. The van der Waals surface area contributed by atoms with Gasteiger partial charge in [0.1, 0.15) is 0 Å². The third-order valence-corrected chi connectivity index (χ3v) is 3.13. The van der Waals surface area contributed by atoms with Gasteiger partial charge in [-0.15, -0.1) is 0 Å². The van der Waals surface area contributed by atoms with Gasteiger partial charge in [0, 0.05) is 5.56 Å². The lowest BCUT2D eigenvalue weighted by atomic mass is 9.95. The molecule has 0 atom stereocenters. The molecule has 0 aliphatic heterocycles. The number of carbonyl (C=O) groups is 2. The van der Waals surface area contributed by atoms with Crippen molar-refractivity contribution in [2.45, 2.75) is 13.1 Å². The lowest BCUT2D eigenvalue weighted by Gasteiger charge is -2.11. The van der Waals surface area contributed by atoms with Crippen molar-refractivity contribution >= 4 is 11.8 Å². The second kappa shape index (κ2) is 6.64. The van der Waals surface area contributed by atoms with E-state index >= 15 is 0 Å². The predicted molar refractivity (Wildman–Crippen MR) is 77.8 cm³/mol. The van der Waals surface area contributed by atoms with Gasteiger partial charge in [0.15, 0.2) is 0 Å². The van der Waals surface area contributed by atoms with Gasteiger partial charge in [-0.1, -0.05) is 36.4 Å². The van der Waals surface area contributed by atoms with E-state index in [1.165, 1.54) is 30.3 Å². The van der Waals surface area contributed by atoms with Gasteiger partial charge in [0.05, 0.1) is 12.2 Å². The molecule has 2 aromatic carbocycles. The highest BCUT2D eigenvalue weighted by atomic mass is 19.4. The number of esters is 1. The zero-order valence-corrected chi connectivity index (χ0v) is 12.2. The summed E-state index contributed by atoms with van der Waals surface area (Å²) in [4.78, 5) is 23.7. The van der Waals surface area contributed by atoms with Gasteiger partial charge in [-0.3, -0.25) is 4.79 Å². The maximum absolute atomic E-state index is 12.8. The van der Waals surface area contributed by atoms with Crippen molar-refractivity contribution < 1.29 is 27.5 Å². The average Bonchev–Trinajstić information content (AvgIpc) is 2.54. The number of carbonyl (C=O) groups excluding carboxylic acids is 2. The Morgan fingerprint density at radius 3 is 2.39 bits per heavy atom. The maximum Gasteiger partial charge on any atom is 0.416 e. The van der Waals surface area contributed by atoms with E-state index in [2.05, 4.69) is 4.74 Å². The van der Waals surface area contributed by atoms with E-state index < -0.39 is 23.5 Å². The molecule has 0 radical (unpaired) electrons. The van der Waals surface area contributed by atoms with Gasteiger partial charge in [0.25, 0.3) is 5.78 Å². The predicted octanol–water partition coefficient (Wildman–Crippen LogP) is 4.12. The van der Waals surface area contributed by atoms with Gasteiger partial charge in [0.2, 0.25) is 0 Å². The standard InChI is InChI=1S/C17H13F3O3/c1-2-23-16(22)15(21)14-9-4-3-8-13(14)11-6-5-7-12(10-11)17(18,19)20/h3-10H,2H2,1H3. The molecule has 0 unspecified atom stereocenters. The molecule has 0 amide bonds. The van der Waals surface area contributed by atoms with Crippen molar-refractivity contribution in [3.05, 3.63) is 59.7 Å². The quantitative estimate of drug-likeness (QED) is 0.483. The smallest absolute Gasteiger partial charge is 0.416 e. The molecular formula is C17H13F3O3. The topological polar surface area (TPSA) is 43.4 Å². The second-order valence-corrected chi connectivity index (χ2v) is 4.67. The van der Waals surface area contributed by atoms with Gasteiger partial charge < -0.3 is 4.74 Å². The van der Waals surface area contributed by atoms with Crippen molar-refractivity contribution in [3.63, 3.8) is 0 Å². The summed E-state index contributed by atoms with van der Waals surface area (Å²) < 4.78 is 43.1. The molecule has 2 rings (SSSR count). The third-order valence-electron chi connectivity index (χ3n) is 3.13. The number of alkyl halides is 3. The van der Waals surface area contributed by atoms with Crippen molar-refractivity contribution in [2.75, 3.05) is 6.61 Å². The summed E-state index contributed by atoms with van der Waals surface area (Å²) in [6.07, 6.45) is -4.49.